The number of ether oxygens (including phenoxy) is 1. The van der Waals surface area contributed by atoms with Crippen LogP contribution in [-0.4, -0.2) is 0 Å². The van der Waals surface area contributed by atoms with Crippen LogP contribution in [0.25, 0.3) is 0 Å². The predicted octanol–water partition coefficient (Wildman–Crippen LogP) is 5.61. The fourth-order valence-corrected chi connectivity index (χ4v) is 4.30. The summed E-state index contributed by atoms with van der Waals surface area (Å²) in [5, 5.41) is 0. The predicted molar refractivity (Wildman–Crippen MR) is 118 cm³/mol. The van der Waals surface area contributed by atoms with Gasteiger partial charge in [-0.2, -0.15) is 0 Å². The van der Waals surface area contributed by atoms with E-state index in [9.17, 15) is 0 Å². The van der Waals surface area contributed by atoms with Gasteiger partial charge in [-0.15, -0.1) is 0 Å². The van der Waals surface area contributed by atoms with Crippen molar-refractivity contribution in [3.8, 4) is 5.75 Å². The van der Waals surface area contributed by atoms with Crippen LogP contribution in [0.15, 0.2) is 65.0 Å². The molecular weight excluding hydrogens is 346 g/mol. The summed E-state index contributed by atoms with van der Waals surface area (Å²) < 4.78 is 5.90. The van der Waals surface area contributed by atoms with Gasteiger partial charge in [0.1, 0.15) is 5.70 Å². The minimum Gasteiger partial charge on any atom is -0.437 e. The third kappa shape index (κ3) is 3.96. The summed E-state index contributed by atoms with van der Waals surface area (Å²) in [7, 11) is 0. The topological polar surface area (TPSA) is 64.5 Å². The number of hydrogen-bond donors (Lipinski definition) is 2. The van der Waals surface area contributed by atoms with Crippen LogP contribution in [0.1, 0.15) is 58.4 Å². The van der Waals surface area contributed by atoms with Crippen molar-refractivity contribution in [3.05, 3.63) is 70.5 Å². The van der Waals surface area contributed by atoms with Crippen molar-refractivity contribution in [2.75, 3.05) is 4.90 Å². The lowest BCUT2D eigenvalue weighted by Gasteiger charge is -2.39. The Hall–Kier alpha value is -2.62. The lowest BCUT2D eigenvalue weighted by atomic mass is 9.85. The van der Waals surface area contributed by atoms with Crippen molar-refractivity contribution in [1.82, 2.24) is 0 Å². The number of rotatable bonds is 6. The second kappa shape index (κ2) is 8.59. The van der Waals surface area contributed by atoms with Crippen LogP contribution in [0.4, 0.5) is 5.69 Å². The molecule has 1 aliphatic heterocycles. The number of unbranched alkanes of at least 4 members (excludes halogenated alkanes) is 2. The highest BCUT2D eigenvalue weighted by Crippen LogP contribution is 2.44. The number of anilines is 1. The number of hydrogen-bond acceptors (Lipinski definition) is 4. The van der Waals surface area contributed by atoms with Crippen molar-refractivity contribution in [2.24, 2.45) is 17.4 Å². The Labute approximate surface area is 169 Å². The molecule has 0 aromatic heterocycles. The van der Waals surface area contributed by atoms with Gasteiger partial charge in [0.15, 0.2) is 5.75 Å². The average Bonchev–Trinajstić information content (AvgIpc) is 2.64. The van der Waals surface area contributed by atoms with E-state index in [-0.39, 0.29) is 0 Å². The number of fused-ring (bicyclic) bond motifs is 1. The first-order valence-electron chi connectivity index (χ1n) is 10.3. The van der Waals surface area contributed by atoms with E-state index in [1.165, 1.54) is 48.7 Å². The molecule has 28 heavy (non-hydrogen) atoms. The molecule has 4 heteroatoms. The van der Waals surface area contributed by atoms with E-state index in [0.29, 0.717) is 11.8 Å². The molecule has 4 N–H and O–H groups in total. The normalized spacial score (nSPS) is 19.8. The van der Waals surface area contributed by atoms with Gasteiger partial charge in [0.05, 0.1) is 5.69 Å². The van der Waals surface area contributed by atoms with Crippen molar-refractivity contribution in [2.45, 2.75) is 59.8 Å². The molecule has 3 rings (SSSR count). The van der Waals surface area contributed by atoms with Crippen LogP contribution in [0.3, 0.4) is 0 Å². The Morgan fingerprint density at radius 1 is 1.25 bits per heavy atom. The molecule has 4 nitrogen and oxygen atoms in total. The van der Waals surface area contributed by atoms with Crippen LogP contribution in [-0.2, 0) is 0 Å². The van der Waals surface area contributed by atoms with Gasteiger partial charge in [-0.3, -0.25) is 0 Å². The standard InChI is InChI=1S/C24H33N3O/c1-5-6-7-8-19-14-17(3)23(18(4)15-19)27-20(11-12-25)24(26)28-22-10-9-16(2)13-21(22)27/h9-14,18H,5-8,15,25-26H2,1-4H3/b12-11-. The van der Waals surface area contributed by atoms with E-state index in [2.05, 4.69) is 44.7 Å². The molecule has 0 saturated carbocycles. The molecular formula is C24H33N3O. The molecule has 1 atom stereocenters. The molecule has 0 fully saturated rings. The summed E-state index contributed by atoms with van der Waals surface area (Å²) in [4.78, 5) is 2.24. The number of nitrogens with zero attached hydrogens (tertiary/aromatic N) is 1. The molecule has 1 aliphatic carbocycles. The van der Waals surface area contributed by atoms with E-state index in [1.54, 1.807) is 5.57 Å². The third-order valence-corrected chi connectivity index (χ3v) is 5.52. The van der Waals surface area contributed by atoms with E-state index in [0.717, 1.165) is 23.6 Å². The Balaban J connectivity index is 2.08. The molecule has 0 amide bonds. The Kier molecular flexibility index (Phi) is 6.18. The smallest absolute Gasteiger partial charge is 0.215 e. The molecule has 1 aromatic carbocycles. The molecule has 0 radical (unpaired) electrons. The highest BCUT2D eigenvalue weighted by Gasteiger charge is 2.32. The lowest BCUT2D eigenvalue weighted by Crippen LogP contribution is -2.34. The average molecular weight is 380 g/mol. The van der Waals surface area contributed by atoms with E-state index in [4.69, 9.17) is 16.2 Å². The minimum atomic E-state index is 0.378. The Bertz CT molecular complexity index is 861. The van der Waals surface area contributed by atoms with E-state index < -0.39 is 0 Å². The minimum absolute atomic E-state index is 0.378. The maximum Gasteiger partial charge on any atom is 0.215 e. The zero-order valence-corrected chi connectivity index (χ0v) is 17.6. The quantitative estimate of drug-likeness (QED) is 0.630. The van der Waals surface area contributed by atoms with Crippen molar-refractivity contribution in [3.63, 3.8) is 0 Å². The molecule has 0 bridgehead atoms. The third-order valence-electron chi connectivity index (χ3n) is 5.52. The summed E-state index contributed by atoms with van der Waals surface area (Å²) in [5.41, 5.74) is 19.1. The summed E-state index contributed by atoms with van der Waals surface area (Å²) in [6, 6.07) is 6.19. The molecule has 1 heterocycles. The lowest BCUT2D eigenvalue weighted by molar-refractivity contribution is 0.402. The van der Waals surface area contributed by atoms with Crippen LogP contribution in [0.5, 0.6) is 5.75 Å². The Morgan fingerprint density at radius 3 is 2.71 bits per heavy atom. The van der Waals surface area contributed by atoms with Gasteiger partial charge in [-0.05, 0) is 68.7 Å². The molecule has 150 valence electrons. The molecule has 2 aliphatic rings. The molecule has 1 unspecified atom stereocenters. The number of benzene rings is 1. The summed E-state index contributed by atoms with van der Waals surface area (Å²) in [5.74, 6) is 1.55. The first-order valence-corrected chi connectivity index (χ1v) is 10.3. The van der Waals surface area contributed by atoms with E-state index >= 15 is 0 Å². The van der Waals surface area contributed by atoms with Gasteiger partial charge in [-0.1, -0.05) is 44.4 Å². The van der Waals surface area contributed by atoms with Gasteiger partial charge in [0.25, 0.3) is 0 Å². The monoisotopic (exact) mass is 379 g/mol. The summed E-state index contributed by atoms with van der Waals surface area (Å²) >= 11 is 0. The Morgan fingerprint density at radius 2 is 2.04 bits per heavy atom. The van der Waals surface area contributed by atoms with E-state index in [1.807, 2.05) is 18.2 Å². The zero-order valence-electron chi connectivity index (χ0n) is 17.6. The van der Waals surface area contributed by atoms with Crippen LogP contribution in [0, 0.1) is 12.8 Å². The SMILES string of the molecule is CCCCCC1=CC(C)=C(N2C(/C=C\N)=C(N)Oc3ccc(C)cc32)C(C)C1. The second-order valence-corrected chi connectivity index (χ2v) is 7.95. The first kappa shape index (κ1) is 20.1. The first-order chi connectivity index (χ1) is 13.5. The highest BCUT2D eigenvalue weighted by atomic mass is 16.5. The van der Waals surface area contributed by atoms with Gasteiger partial charge in [-0.25, -0.2) is 0 Å². The number of allylic oxidation sites excluding steroid dienone is 5. The van der Waals surface area contributed by atoms with Crippen molar-refractivity contribution >= 4 is 5.69 Å². The molecule has 1 aromatic rings. The van der Waals surface area contributed by atoms with Gasteiger partial charge in [0, 0.05) is 11.6 Å². The maximum atomic E-state index is 6.29. The number of nitrogens with two attached hydrogens (primary N) is 2. The van der Waals surface area contributed by atoms with Gasteiger partial charge >= 0.3 is 0 Å². The maximum absolute atomic E-state index is 6.29. The summed E-state index contributed by atoms with van der Waals surface area (Å²) in [6.07, 6.45) is 11.8. The van der Waals surface area contributed by atoms with Gasteiger partial charge in [0.2, 0.25) is 5.88 Å². The number of aryl methyl sites for hydroxylation is 1. The van der Waals surface area contributed by atoms with Crippen molar-refractivity contribution in [1.29, 1.82) is 0 Å². The largest absolute Gasteiger partial charge is 0.437 e. The van der Waals surface area contributed by atoms with Gasteiger partial charge < -0.3 is 21.1 Å². The fourth-order valence-electron chi connectivity index (χ4n) is 4.30. The van der Waals surface area contributed by atoms with Crippen LogP contribution < -0.4 is 21.1 Å². The zero-order chi connectivity index (χ0) is 20.3. The molecule has 0 spiro atoms. The molecule has 0 saturated heterocycles. The van der Waals surface area contributed by atoms with Crippen molar-refractivity contribution < 1.29 is 4.74 Å². The second-order valence-electron chi connectivity index (χ2n) is 7.95. The highest BCUT2D eigenvalue weighted by molar-refractivity contribution is 5.72. The fraction of sp³-hybridized carbons (Fsp3) is 0.417. The van der Waals surface area contributed by atoms with Crippen LogP contribution >= 0.6 is 0 Å². The van der Waals surface area contributed by atoms with Crippen LogP contribution in [0.2, 0.25) is 0 Å². The summed E-state index contributed by atoms with van der Waals surface area (Å²) in [6.45, 7) is 8.85.